The monoisotopic (exact) mass is 393 g/mol. The first-order valence-electron chi connectivity index (χ1n) is 8.93. The van der Waals surface area contributed by atoms with Crippen molar-refractivity contribution in [1.29, 1.82) is 0 Å². The van der Waals surface area contributed by atoms with Crippen molar-refractivity contribution in [1.82, 2.24) is 14.9 Å². The number of halogens is 2. The van der Waals surface area contributed by atoms with Crippen LogP contribution in [0.2, 0.25) is 10.0 Å². The second-order valence-corrected chi connectivity index (χ2v) is 7.78. The lowest BCUT2D eigenvalue weighted by Gasteiger charge is -2.16. The van der Waals surface area contributed by atoms with Crippen LogP contribution in [0.1, 0.15) is 24.8 Å². The number of hydrogen-bond acceptors (Lipinski definition) is 5. The van der Waals surface area contributed by atoms with Gasteiger partial charge in [0.15, 0.2) is 0 Å². The fourth-order valence-corrected chi connectivity index (χ4v) is 3.46. The number of hydrogen-bond donors (Lipinski definition) is 0. The molecule has 1 unspecified atom stereocenters. The van der Waals surface area contributed by atoms with Crippen LogP contribution in [0.25, 0.3) is 0 Å². The van der Waals surface area contributed by atoms with E-state index in [1.165, 1.54) is 19.4 Å². The van der Waals surface area contributed by atoms with Crippen molar-refractivity contribution in [3.8, 4) is 11.8 Å². The van der Waals surface area contributed by atoms with Gasteiger partial charge in [-0.05, 0) is 42.9 Å². The summed E-state index contributed by atoms with van der Waals surface area (Å²) in [4.78, 5) is 11.1. The predicted molar refractivity (Wildman–Crippen MR) is 101 cm³/mol. The van der Waals surface area contributed by atoms with Gasteiger partial charge in [0.2, 0.25) is 11.8 Å². The van der Waals surface area contributed by atoms with Gasteiger partial charge in [0.25, 0.3) is 0 Å². The van der Waals surface area contributed by atoms with Crippen LogP contribution in [-0.2, 0) is 6.61 Å². The van der Waals surface area contributed by atoms with E-state index in [-0.39, 0.29) is 6.10 Å². The number of likely N-dealkylation sites (tertiary alicyclic amines) is 1. The van der Waals surface area contributed by atoms with E-state index in [0.29, 0.717) is 28.4 Å². The molecule has 0 radical (unpaired) electrons. The molecule has 1 aliphatic carbocycles. The molecule has 138 valence electrons. The van der Waals surface area contributed by atoms with Gasteiger partial charge in [-0.15, -0.1) is 0 Å². The van der Waals surface area contributed by atoms with Crippen molar-refractivity contribution in [3.05, 3.63) is 46.2 Å². The fourth-order valence-electron chi connectivity index (χ4n) is 3.14. The molecule has 0 amide bonds. The second kappa shape index (κ2) is 7.99. The van der Waals surface area contributed by atoms with Gasteiger partial charge in [-0.3, -0.25) is 9.88 Å². The maximum absolute atomic E-state index is 6.02. The minimum atomic E-state index is 0.174. The Morgan fingerprint density at radius 1 is 1.08 bits per heavy atom. The highest BCUT2D eigenvalue weighted by Gasteiger charge is 2.30. The van der Waals surface area contributed by atoms with E-state index in [1.807, 2.05) is 6.07 Å². The molecule has 2 aromatic rings. The zero-order chi connectivity index (χ0) is 17.9. The molecule has 0 spiro atoms. The average molecular weight is 394 g/mol. The van der Waals surface area contributed by atoms with Crippen LogP contribution in [0, 0.1) is 5.92 Å². The van der Waals surface area contributed by atoms with Gasteiger partial charge < -0.3 is 9.47 Å². The van der Waals surface area contributed by atoms with Crippen LogP contribution in [0.5, 0.6) is 11.8 Å². The quantitative estimate of drug-likeness (QED) is 0.704. The highest BCUT2D eigenvalue weighted by atomic mass is 35.5. The standard InChI is InChI=1S/C19H21Cl2N3O2/c20-16-4-3-14(7-17(16)21)12-25-18-8-22-9-19(23-18)26-15-5-6-24(11-15)10-13-1-2-13/h3-4,7-9,13,15H,1-2,5-6,10-12H2. The molecule has 26 heavy (non-hydrogen) atoms. The van der Waals surface area contributed by atoms with E-state index in [2.05, 4.69) is 14.9 Å². The lowest BCUT2D eigenvalue weighted by molar-refractivity contribution is 0.187. The van der Waals surface area contributed by atoms with E-state index in [9.17, 15) is 0 Å². The summed E-state index contributed by atoms with van der Waals surface area (Å²) >= 11 is 11.9. The lowest BCUT2D eigenvalue weighted by atomic mass is 10.2. The summed E-state index contributed by atoms with van der Waals surface area (Å²) < 4.78 is 11.7. The van der Waals surface area contributed by atoms with Crippen molar-refractivity contribution in [3.63, 3.8) is 0 Å². The number of benzene rings is 1. The first-order chi connectivity index (χ1) is 12.7. The Morgan fingerprint density at radius 3 is 2.73 bits per heavy atom. The van der Waals surface area contributed by atoms with Crippen LogP contribution in [0.3, 0.4) is 0 Å². The fraction of sp³-hybridized carbons (Fsp3) is 0.474. The Morgan fingerprint density at radius 2 is 1.92 bits per heavy atom. The van der Waals surface area contributed by atoms with E-state index in [1.54, 1.807) is 24.5 Å². The third kappa shape index (κ3) is 4.78. The molecule has 5 nitrogen and oxygen atoms in total. The Kier molecular flexibility index (Phi) is 5.48. The van der Waals surface area contributed by atoms with Crippen molar-refractivity contribution >= 4 is 23.2 Å². The summed E-state index contributed by atoms with van der Waals surface area (Å²) in [5.74, 6) is 1.85. The maximum atomic E-state index is 6.02. The predicted octanol–water partition coefficient (Wildman–Crippen LogP) is 4.23. The Hall–Kier alpha value is -1.56. The molecular formula is C19H21Cl2N3O2. The highest BCUT2D eigenvalue weighted by Crippen LogP contribution is 2.31. The molecule has 0 bridgehead atoms. The third-order valence-electron chi connectivity index (χ3n) is 4.69. The van der Waals surface area contributed by atoms with Gasteiger partial charge in [-0.2, -0.15) is 4.98 Å². The molecule has 1 saturated heterocycles. The molecule has 7 heteroatoms. The summed E-state index contributed by atoms with van der Waals surface area (Å²) in [5, 5.41) is 1.03. The molecule has 1 saturated carbocycles. The van der Waals surface area contributed by atoms with Gasteiger partial charge in [0.05, 0.1) is 22.4 Å². The summed E-state index contributed by atoms with van der Waals surface area (Å²) in [5.41, 5.74) is 0.916. The second-order valence-electron chi connectivity index (χ2n) is 6.96. The minimum Gasteiger partial charge on any atom is -0.472 e. The number of ether oxygens (including phenoxy) is 2. The highest BCUT2D eigenvalue weighted by molar-refractivity contribution is 6.42. The third-order valence-corrected chi connectivity index (χ3v) is 5.43. The molecule has 1 aromatic carbocycles. The summed E-state index contributed by atoms with van der Waals surface area (Å²) in [7, 11) is 0. The molecular weight excluding hydrogens is 373 g/mol. The molecule has 1 atom stereocenters. The molecule has 2 aliphatic rings. The minimum absolute atomic E-state index is 0.174. The van der Waals surface area contributed by atoms with Gasteiger partial charge in [0, 0.05) is 19.6 Å². The van der Waals surface area contributed by atoms with Gasteiger partial charge in [-0.25, -0.2) is 0 Å². The molecule has 1 aromatic heterocycles. The first-order valence-corrected chi connectivity index (χ1v) is 9.69. The Labute approximate surface area is 163 Å². The number of rotatable bonds is 7. The summed E-state index contributed by atoms with van der Waals surface area (Å²) in [6, 6.07) is 5.40. The summed E-state index contributed by atoms with van der Waals surface area (Å²) in [6.07, 6.45) is 7.18. The van der Waals surface area contributed by atoms with E-state index < -0.39 is 0 Å². The number of nitrogens with zero attached hydrogens (tertiary/aromatic N) is 3. The smallest absolute Gasteiger partial charge is 0.235 e. The van der Waals surface area contributed by atoms with E-state index in [0.717, 1.165) is 31.0 Å². The largest absolute Gasteiger partial charge is 0.472 e. The van der Waals surface area contributed by atoms with Crippen LogP contribution in [0.4, 0.5) is 0 Å². The molecule has 2 heterocycles. The van der Waals surface area contributed by atoms with Crippen LogP contribution in [0.15, 0.2) is 30.6 Å². The van der Waals surface area contributed by atoms with E-state index in [4.69, 9.17) is 32.7 Å². The van der Waals surface area contributed by atoms with Crippen molar-refractivity contribution < 1.29 is 9.47 Å². The van der Waals surface area contributed by atoms with Crippen molar-refractivity contribution in [2.24, 2.45) is 5.92 Å². The van der Waals surface area contributed by atoms with Gasteiger partial charge >= 0.3 is 0 Å². The van der Waals surface area contributed by atoms with Crippen LogP contribution >= 0.6 is 23.2 Å². The van der Waals surface area contributed by atoms with Gasteiger partial charge in [0.1, 0.15) is 12.7 Å². The van der Waals surface area contributed by atoms with Gasteiger partial charge in [-0.1, -0.05) is 29.3 Å². The SMILES string of the molecule is Clc1ccc(COc2cncc(OC3CCN(CC4CC4)C3)n2)cc1Cl. The normalized spacial score (nSPS) is 20.3. The summed E-state index contributed by atoms with van der Waals surface area (Å²) in [6.45, 7) is 3.61. The van der Waals surface area contributed by atoms with E-state index >= 15 is 0 Å². The van der Waals surface area contributed by atoms with Crippen molar-refractivity contribution in [2.45, 2.75) is 32.0 Å². The average Bonchev–Trinajstić information content (AvgIpc) is 3.34. The lowest BCUT2D eigenvalue weighted by Crippen LogP contribution is -2.26. The zero-order valence-electron chi connectivity index (χ0n) is 14.4. The molecule has 1 aliphatic heterocycles. The zero-order valence-corrected chi connectivity index (χ0v) is 15.9. The topological polar surface area (TPSA) is 47.5 Å². The maximum Gasteiger partial charge on any atom is 0.235 e. The van der Waals surface area contributed by atoms with Crippen LogP contribution in [-0.4, -0.2) is 40.6 Å². The first kappa shape index (κ1) is 17.8. The van der Waals surface area contributed by atoms with Crippen LogP contribution < -0.4 is 9.47 Å². The molecule has 4 rings (SSSR count). The molecule has 0 N–H and O–H groups in total. The Balaban J connectivity index is 1.30. The number of aromatic nitrogens is 2. The Bertz CT molecular complexity index is 770. The molecule has 2 fully saturated rings. The van der Waals surface area contributed by atoms with Crippen molar-refractivity contribution in [2.75, 3.05) is 19.6 Å².